The lowest BCUT2D eigenvalue weighted by atomic mass is 10.1. The van der Waals surface area contributed by atoms with Gasteiger partial charge in [0.15, 0.2) is 0 Å². The molecule has 0 radical (unpaired) electrons. The Balaban J connectivity index is 2.11. The molecular formula is C13H19NO3S. The minimum absolute atomic E-state index is 0.337. The fraction of sp³-hybridized carbons (Fsp3) is 0.538. The molecule has 18 heavy (non-hydrogen) atoms. The third-order valence-corrected chi connectivity index (χ3v) is 5.07. The van der Waals surface area contributed by atoms with Crippen molar-refractivity contribution in [3.63, 3.8) is 0 Å². The maximum atomic E-state index is 12.2. The van der Waals surface area contributed by atoms with Crippen LogP contribution in [0.1, 0.15) is 25.3 Å². The second-order valence-electron chi connectivity index (χ2n) is 4.51. The summed E-state index contributed by atoms with van der Waals surface area (Å²) in [6, 6.07) is 7.54. The minimum atomic E-state index is -3.29. The van der Waals surface area contributed by atoms with Gasteiger partial charge in [0.05, 0.1) is 5.25 Å². The van der Waals surface area contributed by atoms with Crippen LogP contribution in [0.3, 0.4) is 0 Å². The quantitative estimate of drug-likeness (QED) is 0.911. The third-order valence-electron chi connectivity index (χ3n) is 3.20. The Hall–Kier alpha value is -1.07. The second-order valence-corrected chi connectivity index (χ2v) is 6.47. The molecule has 1 saturated heterocycles. The molecule has 1 aliphatic rings. The summed E-state index contributed by atoms with van der Waals surface area (Å²) >= 11 is 0. The molecule has 0 aromatic heterocycles. The van der Waals surface area contributed by atoms with E-state index in [2.05, 4.69) is 4.72 Å². The van der Waals surface area contributed by atoms with Crippen molar-refractivity contribution < 1.29 is 13.2 Å². The summed E-state index contributed by atoms with van der Waals surface area (Å²) in [6.07, 6.45) is 2.04. The smallest absolute Gasteiger partial charge is 0.235 e. The third kappa shape index (κ3) is 3.23. The summed E-state index contributed by atoms with van der Waals surface area (Å²) in [6.45, 7) is 3.10. The lowest BCUT2D eigenvalue weighted by Crippen LogP contribution is -2.33. The molecule has 0 saturated carbocycles. The van der Waals surface area contributed by atoms with Gasteiger partial charge in [-0.05, 0) is 37.0 Å². The van der Waals surface area contributed by atoms with Crippen LogP contribution in [0.2, 0.25) is 0 Å². The van der Waals surface area contributed by atoms with Crippen LogP contribution in [0, 0.1) is 0 Å². The van der Waals surface area contributed by atoms with Gasteiger partial charge in [-0.1, -0.05) is 19.1 Å². The highest BCUT2D eigenvalue weighted by Gasteiger charge is 2.27. The molecule has 1 aliphatic heterocycles. The van der Waals surface area contributed by atoms with E-state index in [-0.39, 0.29) is 5.25 Å². The summed E-state index contributed by atoms with van der Waals surface area (Å²) < 4.78 is 32.2. The van der Waals surface area contributed by atoms with Gasteiger partial charge in [0.1, 0.15) is 0 Å². The number of ether oxygens (including phenoxy) is 1. The Morgan fingerprint density at radius 3 is 2.72 bits per heavy atom. The van der Waals surface area contributed by atoms with E-state index in [4.69, 9.17) is 4.74 Å². The zero-order valence-corrected chi connectivity index (χ0v) is 11.4. The van der Waals surface area contributed by atoms with Gasteiger partial charge >= 0.3 is 0 Å². The Morgan fingerprint density at radius 2 is 2.06 bits per heavy atom. The number of sulfonamides is 1. The molecule has 0 amide bonds. The molecule has 0 bridgehead atoms. The molecule has 1 heterocycles. The van der Waals surface area contributed by atoms with E-state index in [9.17, 15) is 8.42 Å². The molecule has 1 fully saturated rings. The number of rotatable bonds is 4. The summed E-state index contributed by atoms with van der Waals surface area (Å²) in [7, 11) is -3.29. The van der Waals surface area contributed by atoms with Crippen molar-refractivity contribution in [2.75, 3.05) is 17.9 Å². The van der Waals surface area contributed by atoms with Crippen LogP contribution in [0.5, 0.6) is 0 Å². The molecule has 1 aromatic carbocycles. The van der Waals surface area contributed by atoms with Gasteiger partial charge in [0.25, 0.3) is 0 Å². The predicted molar refractivity (Wildman–Crippen MR) is 72.2 cm³/mol. The van der Waals surface area contributed by atoms with Gasteiger partial charge in [-0.3, -0.25) is 4.72 Å². The molecule has 1 N–H and O–H groups in total. The van der Waals surface area contributed by atoms with Crippen molar-refractivity contribution in [1.82, 2.24) is 0 Å². The molecule has 0 atom stereocenters. The van der Waals surface area contributed by atoms with Crippen LogP contribution in [-0.2, 0) is 21.2 Å². The number of hydrogen-bond acceptors (Lipinski definition) is 3. The number of nitrogens with one attached hydrogen (secondary N) is 1. The van der Waals surface area contributed by atoms with Gasteiger partial charge in [0, 0.05) is 18.9 Å². The lowest BCUT2D eigenvalue weighted by Gasteiger charge is -2.22. The Bertz CT molecular complexity index is 493. The van der Waals surface area contributed by atoms with Crippen molar-refractivity contribution in [2.45, 2.75) is 31.4 Å². The van der Waals surface area contributed by atoms with Crippen LogP contribution < -0.4 is 4.72 Å². The molecular weight excluding hydrogens is 250 g/mol. The van der Waals surface area contributed by atoms with E-state index in [1.54, 1.807) is 6.07 Å². The average Bonchev–Trinajstić information content (AvgIpc) is 2.39. The fourth-order valence-corrected chi connectivity index (χ4v) is 3.52. The molecule has 0 spiro atoms. The first-order valence-corrected chi connectivity index (χ1v) is 7.85. The molecule has 2 rings (SSSR count). The summed E-state index contributed by atoms with van der Waals surface area (Å²) in [4.78, 5) is 0. The van der Waals surface area contributed by atoms with Crippen molar-refractivity contribution in [3.05, 3.63) is 29.8 Å². The predicted octanol–water partition coefficient (Wildman–Crippen LogP) is 2.17. The molecule has 1 aromatic rings. The van der Waals surface area contributed by atoms with Crippen LogP contribution in [-0.4, -0.2) is 26.9 Å². The van der Waals surface area contributed by atoms with Gasteiger partial charge in [-0.2, -0.15) is 0 Å². The Kier molecular flexibility index (Phi) is 4.24. The van der Waals surface area contributed by atoms with Gasteiger partial charge in [0.2, 0.25) is 10.0 Å². The SMILES string of the molecule is CCc1cccc(NS(=O)(=O)C2CCOCC2)c1. The van der Waals surface area contributed by atoms with Crippen molar-refractivity contribution in [1.29, 1.82) is 0 Å². The fourth-order valence-electron chi connectivity index (χ4n) is 2.09. The van der Waals surface area contributed by atoms with Gasteiger partial charge in [-0.15, -0.1) is 0 Å². The van der Waals surface area contributed by atoms with Crippen molar-refractivity contribution in [3.8, 4) is 0 Å². The maximum Gasteiger partial charge on any atom is 0.235 e. The zero-order valence-electron chi connectivity index (χ0n) is 10.6. The Morgan fingerprint density at radius 1 is 1.33 bits per heavy atom. The monoisotopic (exact) mass is 269 g/mol. The largest absolute Gasteiger partial charge is 0.381 e. The minimum Gasteiger partial charge on any atom is -0.381 e. The van der Waals surface area contributed by atoms with Gasteiger partial charge < -0.3 is 4.74 Å². The topological polar surface area (TPSA) is 55.4 Å². The molecule has 0 aliphatic carbocycles. The number of aryl methyl sites for hydroxylation is 1. The van der Waals surface area contributed by atoms with E-state index < -0.39 is 10.0 Å². The number of hydrogen-bond donors (Lipinski definition) is 1. The maximum absolute atomic E-state index is 12.2. The highest BCUT2D eigenvalue weighted by Crippen LogP contribution is 2.20. The molecule has 100 valence electrons. The highest BCUT2D eigenvalue weighted by molar-refractivity contribution is 7.93. The molecule has 4 nitrogen and oxygen atoms in total. The van der Waals surface area contributed by atoms with Crippen LogP contribution in [0.15, 0.2) is 24.3 Å². The molecule has 5 heteroatoms. The van der Waals surface area contributed by atoms with Gasteiger partial charge in [-0.25, -0.2) is 8.42 Å². The molecule has 0 unspecified atom stereocenters. The van der Waals surface area contributed by atoms with E-state index in [1.807, 2.05) is 25.1 Å². The zero-order chi connectivity index (χ0) is 13.0. The van der Waals surface area contributed by atoms with Crippen molar-refractivity contribution in [2.24, 2.45) is 0 Å². The van der Waals surface area contributed by atoms with E-state index >= 15 is 0 Å². The van der Waals surface area contributed by atoms with Crippen LogP contribution in [0.25, 0.3) is 0 Å². The van der Waals surface area contributed by atoms with E-state index in [1.165, 1.54) is 0 Å². The first kappa shape index (κ1) is 13.4. The normalized spacial score (nSPS) is 17.6. The standard InChI is InChI=1S/C13H19NO3S/c1-2-11-4-3-5-12(10-11)14-18(15,16)13-6-8-17-9-7-13/h3-5,10,13-14H,2,6-9H2,1H3. The summed E-state index contributed by atoms with van der Waals surface area (Å²) in [5, 5.41) is -0.337. The van der Waals surface area contributed by atoms with E-state index in [0.29, 0.717) is 31.7 Å². The highest BCUT2D eigenvalue weighted by atomic mass is 32.2. The van der Waals surface area contributed by atoms with Crippen LogP contribution in [0.4, 0.5) is 5.69 Å². The van der Waals surface area contributed by atoms with Crippen molar-refractivity contribution >= 4 is 15.7 Å². The second kappa shape index (κ2) is 5.71. The first-order valence-electron chi connectivity index (χ1n) is 6.30. The first-order chi connectivity index (χ1) is 8.62. The lowest BCUT2D eigenvalue weighted by molar-refractivity contribution is 0.0984. The number of benzene rings is 1. The van der Waals surface area contributed by atoms with Crippen LogP contribution >= 0.6 is 0 Å². The van der Waals surface area contributed by atoms with E-state index in [0.717, 1.165) is 12.0 Å². The average molecular weight is 269 g/mol. The Labute approximate surface area is 108 Å². The summed E-state index contributed by atoms with van der Waals surface area (Å²) in [5.41, 5.74) is 1.78. The number of anilines is 1. The summed E-state index contributed by atoms with van der Waals surface area (Å²) in [5.74, 6) is 0.